The number of pyridine rings is 1. The van der Waals surface area contributed by atoms with E-state index >= 15 is 0 Å². The van der Waals surface area contributed by atoms with Gasteiger partial charge in [0.15, 0.2) is 11.6 Å². The monoisotopic (exact) mass is 411 g/mol. The summed E-state index contributed by atoms with van der Waals surface area (Å²) >= 11 is 0. The third-order valence-electron chi connectivity index (χ3n) is 4.99. The Morgan fingerprint density at radius 3 is 2.57 bits per heavy atom. The molecule has 2 atom stereocenters. The first kappa shape index (κ1) is 19.8. The molecule has 1 aromatic heterocycles. The average Bonchev–Trinajstić information content (AvgIpc) is 3.50. The first-order chi connectivity index (χ1) is 14.4. The first-order valence-electron chi connectivity index (χ1n) is 9.46. The number of halogens is 2. The van der Waals surface area contributed by atoms with E-state index in [1.54, 1.807) is 24.4 Å². The molecule has 3 aromatic rings. The average molecular weight is 411 g/mol. The van der Waals surface area contributed by atoms with Gasteiger partial charge >= 0.3 is 5.97 Å². The predicted molar refractivity (Wildman–Crippen MR) is 106 cm³/mol. The van der Waals surface area contributed by atoms with Crippen molar-refractivity contribution in [1.29, 1.82) is 0 Å². The van der Waals surface area contributed by atoms with Crippen molar-refractivity contribution in [2.45, 2.75) is 13.3 Å². The molecule has 1 aliphatic rings. The Morgan fingerprint density at radius 1 is 1.10 bits per heavy atom. The van der Waals surface area contributed by atoms with Crippen molar-refractivity contribution in [3.63, 3.8) is 0 Å². The summed E-state index contributed by atoms with van der Waals surface area (Å²) in [5.74, 6) is -1.64. The van der Waals surface area contributed by atoms with Gasteiger partial charge in [0.2, 0.25) is 0 Å². The maximum Gasteiger partial charge on any atom is 0.306 e. The van der Waals surface area contributed by atoms with Crippen LogP contribution in [0.25, 0.3) is 11.1 Å². The molecule has 0 unspecified atom stereocenters. The normalized spacial score (nSPS) is 17.4. The second-order valence-electron chi connectivity index (χ2n) is 7.28. The summed E-state index contributed by atoms with van der Waals surface area (Å²) in [5.41, 5.74) is 1.37. The Labute approximate surface area is 171 Å². The number of aromatic nitrogens is 1. The van der Waals surface area contributed by atoms with E-state index in [-0.39, 0.29) is 23.8 Å². The number of hydrogen-bond acceptors (Lipinski definition) is 4. The van der Waals surface area contributed by atoms with Gasteiger partial charge in [0.1, 0.15) is 17.3 Å². The Hall–Kier alpha value is -3.48. The standard InChI is InChI=1S/C23H19F2NO4/c1-13-2-4-17(11-26-13)30-16-5-6-20(24)18(10-16)14-3-7-22(21(25)9-14)29-12-15-8-19(15)23(27)28/h2-7,9-11,15,19H,8,12H2,1H3,(H,27,28)/t15-,19+/m0/s1. The number of hydrogen-bond donors (Lipinski definition) is 1. The molecule has 1 saturated carbocycles. The summed E-state index contributed by atoms with van der Waals surface area (Å²) in [6, 6.07) is 11.9. The number of carboxylic acid groups (broad SMARTS) is 1. The number of carboxylic acids is 1. The van der Waals surface area contributed by atoms with Gasteiger partial charge in [-0.05, 0) is 61.4 Å². The molecular formula is C23H19F2NO4. The molecule has 0 saturated heterocycles. The van der Waals surface area contributed by atoms with E-state index in [0.29, 0.717) is 23.5 Å². The predicted octanol–water partition coefficient (Wildman–Crippen LogP) is 5.23. The van der Waals surface area contributed by atoms with E-state index in [0.717, 1.165) is 5.69 Å². The molecule has 30 heavy (non-hydrogen) atoms. The van der Waals surface area contributed by atoms with Crippen molar-refractivity contribution >= 4 is 5.97 Å². The van der Waals surface area contributed by atoms with Crippen LogP contribution in [0.3, 0.4) is 0 Å². The van der Waals surface area contributed by atoms with Crippen LogP contribution in [-0.4, -0.2) is 22.7 Å². The molecule has 1 N–H and O–H groups in total. The lowest BCUT2D eigenvalue weighted by molar-refractivity contribution is -0.138. The van der Waals surface area contributed by atoms with Gasteiger partial charge in [-0.3, -0.25) is 9.78 Å². The number of benzene rings is 2. The SMILES string of the molecule is Cc1ccc(Oc2ccc(F)c(-c3ccc(OC[C@@H]4C[C@H]4C(=O)O)c(F)c3)c2)cn1. The Balaban J connectivity index is 1.49. The molecule has 1 aliphatic carbocycles. The maximum atomic E-state index is 14.5. The minimum Gasteiger partial charge on any atom is -0.490 e. The summed E-state index contributed by atoms with van der Waals surface area (Å²) < 4.78 is 40.0. The molecule has 2 aromatic carbocycles. The third kappa shape index (κ3) is 4.40. The van der Waals surface area contributed by atoms with Gasteiger partial charge in [0, 0.05) is 17.2 Å². The van der Waals surface area contributed by atoms with Gasteiger partial charge in [-0.2, -0.15) is 0 Å². The van der Waals surface area contributed by atoms with Crippen LogP contribution in [0.2, 0.25) is 0 Å². The van der Waals surface area contributed by atoms with Crippen molar-refractivity contribution in [2.24, 2.45) is 11.8 Å². The van der Waals surface area contributed by atoms with Gasteiger partial charge in [-0.15, -0.1) is 0 Å². The lowest BCUT2D eigenvalue weighted by atomic mass is 10.0. The molecule has 154 valence electrons. The topological polar surface area (TPSA) is 68.7 Å². The van der Waals surface area contributed by atoms with Crippen LogP contribution >= 0.6 is 0 Å². The minimum atomic E-state index is -0.863. The number of nitrogens with zero attached hydrogens (tertiary/aromatic N) is 1. The Morgan fingerprint density at radius 2 is 1.90 bits per heavy atom. The Bertz CT molecular complexity index is 1090. The molecule has 1 heterocycles. The first-order valence-corrected chi connectivity index (χ1v) is 9.46. The largest absolute Gasteiger partial charge is 0.490 e. The molecule has 5 nitrogen and oxygen atoms in total. The highest BCUT2D eigenvalue weighted by atomic mass is 19.1. The van der Waals surface area contributed by atoms with Crippen LogP contribution in [0, 0.1) is 30.4 Å². The summed E-state index contributed by atoms with van der Waals surface area (Å²) in [6.07, 6.45) is 2.10. The Kier molecular flexibility index (Phi) is 5.35. The fraction of sp³-hybridized carbons (Fsp3) is 0.217. The highest BCUT2D eigenvalue weighted by molar-refractivity contribution is 5.73. The number of ether oxygens (including phenoxy) is 2. The smallest absolute Gasteiger partial charge is 0.306 e. The van der Waals surface area contributed by atoms with Crippen molar-refractivity contribution in [2.75, 3.05) is 6.61 Å². The quantitative estimate of drug-likeness (QED) is 0.577. The zero-order chi connectivity index (χ0) is 21.3. The van der Waals surface area contributed by atoms with Gasteiger partial charge < -0.3 is 14.6 Å². The van der Waals surface area contributed by atoms with Crippen molar-refractivity contribution in [1.82, 2.24) is 4.98 Å². The fourth-order valence-corrected chi connectivity index (χ4v) is 3.16. The van der Waals surface area contributed by atoms with Crippen LogP contribution in [0.15, 0.2) is 54.7 Å². The summed E-state index contributed by atoms with van der Waals surface area (Å²) in [7, 11) is 0. The molecule has 4 rings (SSSR count). The zero-order valence-corrected chi connectivity index (χ0v) is 16.1. The second-order valence-corrected chi connectivity index (χ2v) is 7.28. The zero-order valence-electron chi connectivity index (χ0n) is 16.1. The number of aryl methyl sites for hydroxylation is 1. The minimum absolute atomic E-state index is 0.00771. The molecule has 0 radical (unpaired) electrons. The highest BCUT2D eigenvalue weighted by Gasteiger charge is 2.43. The maximum absolute atomic E-state index is 14.5. The van der Waals surface area contributed by atoms with E-state index in [9.17, 15) is 13.6 Å². The molecule has 0 amide bonds. The molecule has 0 bridgehead atoms. The lowest BCUT2D eigenvalue weighted by Crippen LogP contribution is -2.07. The van der Waals surface area contributed by atoms with E-state index < -0.39 is 23.5 Å². The van der Waals surface area contributed by atoms with E-state index in [1.165, 1.54) is 30.3 Å². The van der Waals surface area contributed by atoms with Crippen LogP contribution < -0.4 is 9.47 Å². The van der Waals surface area contributed by atoms with Gasteiger partial charge in [0.05, 0.1) is 18.7 Å². The summed E-state index contributed by atoms with van der Waals surface area (Å²) in [5, 5.41) is 8.91. The van der Waals surface area contributed by atoms with Gasteiger partial charge in [-0.1, -0.05) is 6.07 Å². The summed E-state index contributed by atoms with van der Waals surface area (Å²) in [4.78, 5) is 15.0. The van der Waals surface area contributed by atoms with Crippen LogP contribution in [0.1, 0.15) is 12.1 Å². The van der Waals surface area contributed by atoms with E-state index in [4.69, 9.17) is 14.6 Å². The van der Waals surface area contributed by atoms with Crippen LogP contribution in [-0.2, 0) is 4.79 Å². The molecular weight excluding hydrogens is 392 g/mol. The number of aliphatic carboxylic acids is 1. The fourth-order valence-electron chi connectivity index (χ4n) is 3.16. The number of rotatable bonds is 7. The second kappa shape index (κ2) is 8.10. The van der Waals surface area contributed by atoms with E-state index in [2.05, 4.69) is 4.98 Å². The lowest BCUT2D eigenvalue weighted by Gasteiger charge is -2.11. The van der Waals surface area contributed by atoms with Crippen LogP contribution in [0.5, 0.6) is 17.2 Å². The molecule has 0 spiro atoms. The number of carbonyl (C=O) groups is 1. The van der Waals surface area contributed by atoms with Crippen molar-refractivity contribution in [3.05, 3.63) is 72.1 Å². The van der Waals surface area contributed by atoms with Gasteiger partial charge in [-0.25, -0.2) is 8.78 Å². The summed E-state index contributed by atoms with van der Waals surface area (Å²) in [6.45, 7) is 1.99. The molecule has 7 heteroatoms. The molecule has 0 aliphatic heterocycles. The van der Waals surface area contributed by atoms with Crippen LogP contribution in [0.4, 0.5) is 8.78 Å². The molecule has 1 fully saturated rings. The van der Waals surface area contributed by atoms with Crippen molar-refractivity contribution in [3.8, 4) is 28.4 Å². The third-order valence-corrected chi connectivity index (χ3v) is 4.99. The highest BCUT2D eigenvalue weighted by Crippen LogP contribution is 2.39. The van der Waals surface area contributed by atoms with Crippen molar-refractivity contribution < 1.29 is 28.2 Å². The van der Waals surface area contributed by atoms with E-state index in [1.807, 2.05) is 6.92 Å². The van der Waals surface area contributed by atoms with Gasteiger partial charge in [0.25, 0.3) is 0 Å².